The topological polar surface area (TPSA) is 39.7 Å². The number of halogens is 1. The lowest BCUT2D eigenvalue weighted by Gasteiger charge is -2.21. The molecule has 0 saturated heterocycles. The van der Waals surface area contributed by atoms with Crippen molar-refractivity contribution in [3.8, 4) is 11.5 Å². The van der Waals surface area contributed by atoms with E-state index in [1.165, 1.54) is 0 Å². The van der Waals surface area contributed by atoms with Gasteiger partial charge in [0.25, 0.3) is 0 Å². The number of ether oxygens (including phenoxy) is 2. The summed E-state index contributed by atoms with van der Waals surface area (Å²) in [5.41, 5.74) is 5.10. The average Bonchev–Trinajstić information content (AvgIpc) is 2.35. The first-order valence-corrected chi connectivity index (χ1v) is 6.55. The molecular formula is C13H20BrNO3. The molecule has 0 radical (unpaired) electrons. The van der Waals surface area contributed by atoms with E-state index in [-0.39, 0.29) is 0 Å². The molecule has 0 aliphatic rings. The number of hydroxylamine groups is 1. The van der Waals surface area contributed by atoms with Crippen LogP contribution in [-0.4, -0.2) is 21.3 Å². The minimum atomic E-state index is 0.319. The molecule has 5 heteroatoms. The molecule has 1 aromatic carbocycles. The number of methoxy groups -OCH3 is 2. The van der Waals surface area contributed by atoms with Gasteiger partial charge < -0.3 is 14.3 Å². The first-order valence-electron chi connectivity index (χ1n) is 5.75. The van der Waals surface area contributed by atoms with Crippen LogP contribution in [0.4, 0.5) is 0 Å². The maximum absolute atomic E-state index is 5.49. The predicted molar refractivity (Wildman–Crippen MR) is 75.2 cm³/mol. The summed E-state index contributed by atoms with van der Waals surface area (Å²) in [4.78, 5) is 4.92. The predicted octanol–water partition coefficient (Wildman–Crippen LogP) is 3.24. The van der Waals surface area contributed by atoms with Crippen molar-refractivity contribution in [2.24, 2.45) is 0 Å². The third-order valence-corrected chi connectivity index (χ3v) is 3.44. The van der Waals surface area contributed by atoms with E-state index in [9.17, 15) is 0 Å². The Kier molecular flexibility index (Phi) is 5.91. The van der Waals surface area contributed by atoms with E-state index < -0.39 is 0 Å². The fourth-order valence-corrected chi connectivity index (χ4v) is 2.52. The molecule has 0 fully saturated rings. The minimum absolute atomic E-state index is 0.319. The summed E-state index contributed by atoms with van der Waals surface area (Å²) in [7, 11) is 4.90. The van der Waals surface area contributed by atoms with Gasteiger partial charge in [0.15, 0.2) is 11.5 Å². The molecule has 0 bridgehead atoms. The highest BCUT2D eigenvalue weighted by Crippen LogP contribution is 2.41. The van der Waals surface area contributed by atoms with Crippen LogP contribution in [0.25, 0.3) is 0 Å². The highest BCUT2D eigenvalue weighted by atomic mass is 79.9. The van der Waals surface area contributed by atoms with E-state index in [0.29, 0.717) is 12.5 Å². The van der Waals surface area contributed by atoms with E-state index in [2.05, 4.69) is 35.3 Å². The summed E-state index contributed by atoms with van der Waals surface area (Å²) in [6.45, 7) is 4.85. The second-order valence-corrected chi connectivity index (χ2v) is 5.02. The molecule has 4 nitrogen and oxygen atoms in total. The standard InChI is InChI=1S/C13H20BrNO3/c1-8(2)12-9(7-15-18-5)10(14)6-11(16-3)13(12)17-4/h6,8,15H,7H2,1-5H3. The van der Waals surface area contributed by atoms with E-state index in [1.54, 1.807) is 21.3 Å². The van der Waals surface area contributed by atoms with E-state index in [1.807, 2.05) is 6.07 Å². The van der Waals surface area contributed by atoms with Crippen molar-refractivity contribution in [3.05, 3.63) is 21.7 Å². The Morgan fingerprint density at radius 1 is 1.22 bits per heavy atom. The summed E-state index contributed by atoms with van der Waals surface area (Å²) < 4.78 is 11.8. The van der Waals surface area contributed by atoms with Gasteiger partial charge in [-0.3, -0.25) is 0 Å². The van der Waals surface area contributed by atoms with Crippen LogP contribution in [0.15, 0.2) is 10.5 Å². The highest BCUT2D eigenvalue weighted by Gasteiger charge is 2.20. The molecule has 0 atom stereocenters. The third-order valence-electron chi connectivity index (χ3n) is 2.73. The number of rotatable bonds is 6. The fraction of sp³-hybridized carbons (Fsp3) is 0.538. The summed E-state index contributed by atoms with van der Waals surface area (Å²) in [6.07, 6.45) is 0. The van der Waals surface area contributed by atoms with Crippen molar-refractivity contribution in [1.82, 2.24) is 5.48 Å². The van der Waals surface area contributed by atoms with Gasteiger partial charge in [-0.15, -0.1) is 0 Å². The lowest BCUT2D eigenvalue weighted by Crippen LogP contribution is -2.14. The fourth-order valence-electron chi connectivity index (χ4n) is 1.96. The van der Waals surface area contributed by atoms with Crippen molar-refractivity contribution in [2.75, 3.05) is 21.3 Å². The van der Waals surface area contributed by atoms with Gasteiger partial charge in [0.05, 0.1) is 21.3 Å². The second kappa shape index (κ2) is 6.97. The van der Waals surface area contributed by atoms with Gasteiger partial charge >= 0.3 is 0 Å². The minimum Gasteiger partial charge on any atom is -0.493 e. The maximum atomic E-state index is 5.49. The molecule has 1 rings (SSSR count). The molecule has 102 valence electrons. The zero-order chi connectivity index (χ0) is 13.7. The summed E-state index contributed by atoms with van der Waals surface area (Å²) in [6, 6.07) is 1.91. The van der Waals surface area contributed by atoms with Crippen molar-refractivity contribution in [3.63, 3.8) is 0 Å². The van der Waals surface area contributed by atoms with Crippen LogP contribution in [0.5, 0.6) is 11.5 Å². The summed E-state index contributed by atoms with van der Waals surface area (Å²) in [5.74, 6) is 1.83. The van der Waals surface area contributed by atoms with E-state index in [0.717, 1.165) is 27.1 Å². The van der Waals surface area contributed by atoms with Gasteiger partial charge in [0.1, 0.15) is 0 Å². The van der Waals surface area contributed by atoms with E-state index >= 15 is 0 Å². The number of hydrogen-bond donors (Lipinski definition) is 1. The van der Waals surface area contributed by atoms with Gasteiger partial charge in [-0.25, -0.2) is 0 Å². The molecular weight excluding hydrogens is 298 g/mol. The SMILES string of the molecule is CONCc1c(Br)cc(OC)c(OC)c1C(C)C. The van der Waals surface area contributed by atoms with Crippen LogP contribution in [0.3, 0.4) is 0 Å². The van der Waals surface area contributed by atoms with Gasteiger partial charge in [0.2, 0.25) is 0 Å². The van der Waals surface area contributed by atoms with Crippen molar-refractivity contribution < 1.29 is 14.3 Å². The number of nitrogens with one attached hydrogen (secondary N) is 1. The van der Waals surface area contributed by atoms with Crippen molar-refractivity contribution in [1.29, 1.82) is 0 Å². The van der Waals surface area contributed by atoms with Crippen LogP contribution in [0.1, 0.15) is 30.9 Å². The zero-order valence-corrected chi connectivity index (χ0v) is 13.1. The molecule has 0 unspecified atom stereocenters. The lowest BCUT2D eigenvalue weighted by atomic mass is 9.95. The smallest absolute Gasteiger partial charge is 0.164 e. The Morgan fingerprint density at radius 2 is 1.89 bits per heavy atom. The molecule has 0 spiro atoms. The molecule has 18 heavy (non-hydrogen) atoms. The molecule has 1 N–H and O–H groups in total. The second-order valence-electron chi connectivity index (χ2n) is 4.17. The van der Waals surface area contributed by atoms with Crippen molar-refractivity contribution >= 4 is 15.9 Å². The quantitative estimate of drug-likeness (QED) is 0.818. The van der Waals surface area contributed by atoms with E-state index in [4.69, 9.17) is 14.3 Å². The van der Waals surface area contributed by atoms with Gasteiger partial charge in [-0.1, -0.05) is 29.8 Å². The first kappa shape index (κ1) is 15.3. The van der Waals surface area contributed by atoms with Crippen LogP contribution < -0.4 is 15.0 Å². The van der Waals surface area contributed by atoms with Crippen LogP contribution in [0, 0.1) is 0 Å². The molecule has 0 heterocycles. The Balaban J connectivity index is 3.39. The molecule has 0 aliphatic heterocycles. The normalized spacial score (nSPS) is 10.8. The van der Waals surface area contributed by atoms with Crippen LogP contribution >= 0.6 is 15.9 Å². The molecule has 0 saturated carbocycles. The summed E-state index contributed by atoms with van der Waals surface area (Å²) >= 11 is 3.57. The Labute approximate surface area is 117 Å². The summed E-state index contributed by atoms with van der Waals surface area (Å²) in [5, 5.41) is 0. The number of benzene rings is 1. The van der Waals surface area contributed by atoms with Crippen molar-refractivity contribution in [2.45, 2.75) is 26.3 Å². The number of hydrogen-bond acceptors (Lipinski definition) is 4. The Hall–Kier alpha value is -0.780. The third kappa shape index (κ3) is 3.16. The molecule has 0 aromatic heterocycles. The largest absolute Gasteiger partial charge is 0.493 e. The molecule has 1 aromatic rings. The first-order chi connectivity index (χ1) is 8.56. The zero-order valence-electron chi connectivity index (χ0n) is 11.5. The highest BCUT2D eigenvalue weighted by molar-refractivity contribution is 9.10. The van der Waals surface area contributed by atoms with Gasteiger partial charge in [-0.2, -0.15) is 5.48 Å². The molecule has 0 aliphatic carbocycles. The van der Waals surface area contributed by atoms with Crippen LogP contribution in [-0.2, 0) is 11.4 Å². The molecule has 0 amide bonds. The van der Waals surface area contributed by atoms with Crippen LogP contribution in [0.2, 0.25) is 0 Å². The average molecular weight is 318 g/mol. The Bertz CT molecular complexity index is 408. The monoisotopic (exact) mass is 317 g/mol. The lowest BCUT2D eigenvalue weighted by molar-refractivity contribution is 0.0862. The maximum Gasteiger partial charge on any atom is 0.164 e. The Morgan fingerprint density at radius 3 is 2.33 bits per heavy atom. The van der Waals surface area contributed by atoms with Gasteiger partial charge in [0, 0.05) is 16.6 Å². The van der Waals surface area contributed by atoms with Gasteiger partial charge in [-0.05, 0) is 17.5 Å².